The smallest absolute Gasteiger partial charge is 0.279 e. The average Bonchev–Trinajstić information content (AvgIpc) is 3.22. The van der Waals surface area contributed by atoms with E-state index in [1.807, 2.05) is 13.0 Å². The molecule has 0 saturated carbocycles. The highest BCUT2D eigenvalue weighted by Crippen LogP contribution is 2.38. The van der Waals surface area contributed by atoms with Gasteiger partial charge in [-0.15, -0.1) is 0 Å². The van der Waals surface area contributed by atoms with Gasteiger partial charge in [0.1, 0.15) is 0 Å². The highest BCUT2D eigenvalue weighted by Gasteiger charge is 2.38. The number of thiazole rings is 1. The molecule has 34 heavy (non-hydrogen) atoms. The number of carbonyl (C=O) groups excluding carboxylic acids is 1. The van der Waals surface area contributed by atoms with E-state index in [0.29, 0.717) is 23.2 Å². The van der Waals surface area contributed by atoms with Gasteiger partial charge in [0.05, 0.1) is 27.9 Å². The van der Waals surface area contributed by atoms with Crippen LogP contribution >= 0.6 is 11.3 Å². The first-order valence-corrected chi connectivity index (χ1v) is 10.8. The van der Waals surface area contributed by atoms with Crippen LogP contribution in [0.3, 0.4) is 0 Å². The number of alkyl halides is 6. The molecule has 4 rings (SSSR count). The van der Waals surface area contributed by atoms with Gasteiger partial charge in [0.2, 0.25) is 0 Å². The minimum absolute atomic E-state index is 0.000631. The molecule has 0 N–H and O–H groups in total. The predicted molar refractivity (Wildman–Crippen MR) is 118 cm³/mol. The molecule has 3 nitrogen and oxygen atoms in total. The van der Waals surface area contributed by atoms with Crippen LogP contribution in [0.5, 0.6) is 0 Å². The second-order valence-corrected chi connectivity index (χ2v) is 8.60. The normalized spacial score (nSPS) is 12.2. The van der Waals surface area contributed by atoms with Crippen LogP contribution in [0.4, 0.5) is 31.5 Å². The van der Waals surface area contributed by atoms with Gasteiger partial charge in [-0.1, -0.05) is 53.8 Å². The highest BCUT2D eigenvalue weighted by molar-refractivity contribution is 7.22. The summed E-state index contributed by atoms with van der Waals surface area (Å²) >= 11 is 1.13. The summed E-state index contributed by atoms with van der Waals surface area (Å²) in [6.07, 6.45) is -10.1. The monoisotopic (exact) mass is 494 g/mol. The Morgan fingerprint density at radius 1 is 0.882 bits per heavy atom. The van der Waals surface area contributed by atoms with Crippen molar-refractivity contribution in [1.29, 1.82) is 0 Å². The van der Waals surface area contributed by atoms with E-state index in [0.717, 1.165) is 26.5 Å². The molecule has 0 fully saturated rings. The largest absolute Gasteiger partial charge is 0.416 e. The number of hydrogen-bond donors (Lipinski definition) is 0. The van der Waals surface area contributed by atoms with E-state index in [1.54, 1.807) is 42.5 Å². The maximum absolute atomic E-state index is 13.4. The Bertz CT molecular complexity index is 1310. The summed E-state index contributed by atoms with van der Waals surface area (Å²) in [7, 11) is 0. The summed E-state index contributed by atoms with van der Waals surface area (Å²) in [6.45, 7) is 1.73. The van der Waals surface area contributed by atoms with Gasteiger partial charge in [0.25, 0.3) is 5.91 Å². The van der Waals surface area contributed by atoms with Crippen molar-refractivity contribution in [2.24, 2.45) is 0 Å². The minimum atomic E-state index is -5.06. The number of aromatic nitrogens is 1. The Hall–Kier alpha value is -3.40. The number of para-hydroxylation sites is 1. The molecule has 1 amide bonds. The maximum atomic E-state index is 13.4. The number of amides is 1. The Labute approximate surface area is 194 Å². The quantitative estimate of drug-likeness (QED) is 0.276. The summed E-state index contributed by atoms with van der Waals surface area (Å²) in [5.74, 6) is -1.02. The molecule has 0 aliphatic carbocycles. The van der Waals surface area contributed by atoms with Crippen LogP contribution in [0, 0.1) is 6.92 Å². The number of hydrogen-bond acceptors (Lipinski definition) is 3. The van der Waals surface area contributed by atoms with Crippen molar-refractivity contribution in [2.75, 3.05) is 4.90 Å². The van der Waals surface area contributed by atoms with Crippen molar-refractivity contribution in [3.05, 3.63) is 94.5 Å². The SMILES string of the molecule is Cc1cccc2sc(N(Cc3ccccc3)C(=O)c3cc(C(F)(F)F)cc(C(F)(F)F)c3)nc12. The number of carbonyl (C=O) groups is 1. The number of anilines is 1. The summed E-state index contributed by atoms with van der Waals surface area (Å²) in [4.78, 5) is 19.0. The Kier molecular flexibility index (Phi) is 6.11. The van der Waals surface area contributed by atoms with E-state index in [2.05, 4.69) is 4.98 Å². The lowest BCUT2D eigenvalue weighted by Gasteiger charge is -2.21. The molecule has 1 aromatic heterocycles. The third-order valence-electron chi connectivity index (χ3n) is 5.10. The summed E-state index contributed by atoms with van der Waals surface area (Å²) in [5.41, 5.74) is -1.77. The molecule has 176 valence electrons. The molecule has 0 atom stereocenters. The molecule has 4 aromatic rings. The number of rotatable bonds is 4. The van der Waals surface area contributed by atoms with E-state index in [9.17, 15) is 31.1 Å². The van der Waals surface area contributed by atoms with Crippen LogP contribution in [0.15, 0.2) is 66.7 Å². The zero-order valence-electron chi connectivity index (χ0n) is 17.5. The first-order valence-electron chi connectivity index (χ1n) is 9.95. The first-order chi connectivity index (χ1) is 15.9. The van der Waals surface area contributed by atoms with Crippen molar-refractivity contribution >= 4 is 32.6 Å². The van der Waals surface area contributed by atoms with Crippen molar-refractivity contribution in [2.45, 2.75) is 25.8 Å². The van der Waals surface area contributed by atoms with E-state index in [4.69, 9.17) is 0 Å². The van der Waals surface area contributed by atoms with Crippen molar-refractivity contribution in [3.8, 4) is 0 Å². The molecule has 0 radical (unpaired) electrons. The van der Waals surface area contributed by atoms with Gasteiger partial charge in [-0.05, 0) is 42.3 Å². The Morgan fingerprint density at radius 3 is 2.06 bits per heavy atom. The second-order valence-electron chi connectivity index (χ2n) is 7.59. The van der Waals surface area contributed by atoms with Gasteiger partial charge in [-0.3, -0.25) is 9.69 Å². The van der Waals surface area contributed by atoms with Crippen LogP contribution in [0.25, 0.3) is 10.2 Å². The minimum Gasteiger partial charge on any atom is -0.279 e. The fourth-order valence-corrected chi connectivity index (χ4v) is 4.46. The van der Waals surface area contributed by atoms with Gasteiger partial charge in [0, 0.05) is 5.56 Å². The highest BCUT2D eigenvalue weighted by atomic mass is 32.1. The molecule has 10 heteroatoms. The molecule has 0 bridgehead atoms. The van der Waals surface area contributed by atoms with Crippen molar-refractivity contribution in [1.82, 2.24) is 4.98 Å². The molecule has 0 spiro atoms. The average molecular weight is 494 g/mol. The Morgan fingerprint density at radius 2 is 1.50 bits per heavy atom. The molecule has 1 heterocycles. The maximum Gasteiger partial charge on any atom is 0.416 e. The summed E-state index contributed by atoms with van der Waals surface area (Å²) in [5, 5.41) is 0.170. The fourth-order valence-electron chi connectivity index (χ4n) is 3.42. The van der Waals surface area contributed by atoms with E-state index < -0.39 is 35.0 Å². The van der Waals surface area contributed by atoms with Gasteiger partial charge < -0.3 is 0 Å². The van der Waals surface area contributed by atoms with E-state index in [1.165, 1.54) is 0 Å². The van der Waals surface area contributed by atoms with Crippen molar-refractivity contribution in [3.63, 3.8) is 0 Å². The third-order valence-corrected chi connectivity index (χ3v) is 6.15. The van der Waals surface area contributed by atoms with Crippen molar-refractivity contribution < 1.29 is 31.1 Å². The molecular formula is C24H16F6N2OS. The van der Waals surface area contributed by atoms with Gasteiger partial charge in [0.15, 0.2) is 5.13 Å². The topological polar surface area (TPSA) is 33.2 Å². The van der Waals surface area contributed by atoms with Gasteiger partial charge in [-0.2, -0.15) is 26.3 Å². The number of halogens is 6. The second kappa shape index (κ2) is 8.75. The molecule has 0 saturated heterocycles. The number of fused-ring (bicyclic) bond motifs is 1. The fraction of sp³-hybridized carbons (Fsp3) is 0.167. The van der Waals surface area contributed by atoms with Crippen LogP contribution in [0.1, 0.15) is 32.6 Å². The number of benzene rings is 3. The van der Waals surface area contributed by atoms with Crippen LogP contribution in [-0.2, 0) is 18.9 Å². The molecule has 3 aromatic carbocycles. The third kappa shape index (κ3) is 4.91. The number of nitrogens with zero attached hydrogens (tertiary/aromatic N) is 2. The van der Waals surface area contributed by atoms with Gasteiger partial charge >= 0.3 is 12.4 Å². The molecular weight excluding hydrogens is 478 g/mol. The zero-order chi connectivity index (χ0) is 24.7. The van der Waals surface area contributed by atoms with Gasteiger partial charge in [-0.25, -0.2) is 4.98 Å². The van der Waals surface area contributed by atoms with Crippen LogP contribution in [-0.4, -0.2) is 10.9 Å². The van der Waals surface area contributed by atoms with E-state index >= 15 is 0 Å². The molecule has 0 unspecified atom stereocenters. The standard InChI is InChI=1S/C24H16F6N2OS/c1-14-6-5-9-19-20(14)31-22(34-19)32(13-15-7-3-2-4-8-15)21(33)16-10-17(23(25,26)27)12-18(11-16)24(28,29)30/h2-12H,13H2,1H3. The summed E-state index contributed by atoms with van der Waals surface area (Å²) < 4.78 is 80.8. The van der Waals surface area contributed by atoms with Crippen LogP contribution < -0.4 is 4.90 Å². The van der Waals surface area contributed by atoms with Crippen LogP contribution in [0.2, 0.25) is 0 Å². The molecule has 0 aliphatic heterocycles. The zero-order valence-corrected chi connectivity index (χ0v) is 18.4. The van der Waals surface area contributed by atoms with E-state index in [-0.39, 0.29) is 17.7 Å². The number of aryl methyl sites for hydroxylation is 1. The first kappa shape index (κ1) is 23.7. The lowest BCUT2D eigenvalue weighted by Crippen LogP contribution is -2.31. The summed E-state index contributed by atoms with van der Waals surface area (Å²) in [6, 6.07) is 14.8. The predicted octanol–water partition coefficient (Wildman–Crippen LogP) is 7.49. The Balaban J connectivity index is 1.86. The lowest BCUT2D eigenvalue weighted by molar-refractivity contribution is -0.143. The molecule has 0 aliphatic rings. The lowest BCUT2D eigenvalue weighted by atomic mass is 10.0.